The largest absolute Gasteiger partial charge is 0.489 e. The predicted octanol–water partition coefficient (Wildman–Crippen LogP) is 4.00. The maximum Gasteiger partial charge on any atom is 0.226 e. The third-order valence-corrected chi connectivity index (χ3v) is 5.87. The Kier molecular flexibility index (Phi) is 6.97. The number of ether oxygens (including phenoxy) is 1. The number of halogens is 1. The Morgan fingerprint density at radius 1 is 1.07 bits per heavy atom. The Morgan fingerprint density at radius 3 is 2.43 bits per heavy atom. The van der Waals surface area contributed by atoms with E-state index in [1.54, 1.807) is 0 Å². The first-order chi connectivity index (χ1) is 13.2. The molecular formula is C23H29ClN2O2. The maximum atomic E-state index is 12.8. The molecule has 1 aliphatic carbocycles. The third kappa shape index (κ3) is 4.86. The van der Waals surface area contributed by atoms with Crippen molar-refractivity contribution < 1.29 is 9.53 Å². The molecule has 2 aromatic rings. The number of nitrogens with one attached hydrogen (secondary N) is 1. The SMILES string of the molecule is CN(C(=O)C1CC1c1ccc(OCc2ccccc2)cc1)C1CCNCC1.Cl. The van der Waals surface area contributed by atoms with Crippen molar-refractivity contribution >= 4 is 18.3 Å². The molecule has 150 valence electrons. The first kappa shape index (κ1) is 20.7. The first-order valence-corrected chi connectivity index (χ1v) is 9.96. The highest BCUT2D eigenvalue weighted by Gasteiger charge is 2.46. The summed E-state index contributed by atoms with van der Waals surface area (Å²) in [6.07, 6.45) is 3.10. The molecule has 4 rings (SSSR count). The fourth-order valence-electron chi connectivity index (χ4n) is 4.02. The summed E-state index contributed by atoms with van der Waals surface area (Å²) in [5, 5.41) is 3.36. The summed E-state index contributed by atoms with van der Waals surface area (Å²) in [5.74, 6) is 1.71. The van der Waals surface area contributed by atoms with Crippen molar-refractivity contribution in [3.05, 3.63) is 65.7 Å². The molecule has 5 heteroatoms. The lowest BCUT2D eigenvalue weighted by Gasteiger charge is -2.32. The molecule has 2 fully saturated rings. The second kappa shape index (κ2) is 9.44. The van der Waals surface area contributed by atoms with Gasteiger partial charge in [-0.1, -0.05) is 42.5 Å². The van der Waals surface area contributed by atoms with E-state index in [1.165, 1.54) is 5.56 Å². The zero-order valence-electron chi connectivity index (χ0n) is 16.3. The summed E-state index contributed by atoms with van der Waals surface area (Å²) in [6.45, 7) is 2.60. The molecule has 1 aliphatic heterocycles. The molecule has 1 saturated heterocycles. The highest BCUT2D eigenvalue weighted by molar-refractivity contribution is 5.85. The van der Waals surface area contributed by atoms with Crippen molar-refractivity contribution in [2.75, 3.05) is 20.1 Å². The van der Waals surface area contributed by atoms with Gasteiger partial charge in [0.2, 0.25) is 5.91 Å². The van der Waals surface area contributed by atoms with Crippen molar-refractivity contribution in [2.45, 2.75) is 37.8 Å². The molecule has 4 nitrogen and oxygen atoms in total. The van der Waals surface area contributed by atoms with Gasteiger partial charge in [-0.2, -0.15) is 0 Å². The molecule has 28 heavy (non-hydrogen) atoms. The van der Waals surface area contributed by atoms with E-state index < -0.39 is 0 Å². The van der Waals surface area contributed by atoms with Crippen molar-refractivity contribution in [1.29, 1.82) is 0 Å². The van der Waals surface area contributed by atoms with Gasteiger partial charge in [0, 0.05) is 19.0 Å². The lowest BCUT2D eigenvalue weighted by molar-refractivity contribution is -0.133. The Labute approximate surface area is 173 Å². The number of benzene rings is 2. The van der Waals surface area contributed by atoms with E-state index in [0.29, 0.717) is 24.5 Å². The molecule has 2 unspecified atom stereocenters. The molecule has 2 atom stereocenters. The van der Waals surface area contributed by atoms with Crippen LogP contribution in [0.1, 0.15) is 36.3 Å². The fourth-order valence-corrected chi connectivity index (χ4v) is 4.02. The van der Waals surface area contributed by atoms with Crippen LogP contribution in [0.3, 0.4) is 0 Å². The standard InChI is InChI=1S/C23H28N2O2.ClH/c1-25(19-11-13-24-14-12-19)23(26)22-15-21(22)18-7-9-20(10-8-18)27-16-17-5-3-2-4-6-17;/h2-10,19,21-22,24H,11-16H2,1H3;1H. The monoisotopic (exact) mass is 400 g/mol. The minimum Gasteiger partial charge on any atom is -0.489 e. The second-order valence-electron chi connectivity index (χ2n) is 7.72. The molecule has 0 spiro atoms. The highest BCUT2D eigenvalue weighted by atomic mass is 35.5. The van der Waals surface area contributed by atoms with Gasteiger partial charge < -0.3 is 15.0 Å². The van der Waals surface area contributed by atoms with Gasteiger partial charge in [0.05, 0.1) is 0 Å². The second-order valence-corrected chi connectivity index (χ2v) is 7.72. The minimum atomic E-state index is 0. The van der Waals surface area contributed by atoms with Crippen LogP contribution < -0.4 is 10.1 Å². The molecule has 1 amide bonds. The number of nitrogens with zero attached hydrogens (tertiary/aromatic N) is 1. The average Bonchev–Trinajstić information content (AvgIpc) is 3.54. The smallest absolute Gasteiger partial charge is 0.226 e. The summed E-state index contributed by atoms with van der Waals surface area (Å²) in [5.41, 5.74) is 2.41. The summed E-state index contributed by atoms with van der Waals surface area (Å²) >= 11 is 0. The van der Waals surface area contributed by atoms with E-state index in [4.69, 9.17) is 4.74 Å². The van der Waals surface area contributed by atoms with E-state index in [1.807, 2.05) is 42.3 Å². The van der Waals surface area contributed by atoms with E-state index >= 15 is 0 Å². The van der Waals surface area contributed by atoms with Crippen LogP contribution in [0.5, 0.6) is 5.75 Å². The summed E-state index contributed by atoms with van der Waals surface area (Å²) in [4.78, 5) is 14.8. The van der Waals surface area contributed by atoms with Crippen molar-refractivity contribution in [1.82, 2.24) is 10.2 Å². The van der Waals surface area contributed by atoms with Crippen LogP contribution in [0, 0.1) is 5.92 Å². The zero-order chi connectivity index (χ0) is 18.6. The predicted molar refractivity (Wildman–Crippen MR) is 114 cm³/mol. The van der Waals surface area contributed by atoms with Gasteiger partial charge in [0.15, 0.2) is 0 Å². The maximum absolute atomic E-state index is 12.8. The van der Waals surface area contributed by atoms with Crippen LogP contribution in [-0.2, 0) is 11.4 Å². The lowest BCUT2D eigenvalue weighted by atomic mass is 10.0. The molecule has 0 aromatic heterocycles. The number of hydrogen-bond donors (Lipinski definition) is 1. The van der Waals surface area contributed by atoms with E-state index in [-0.39, 0.29) is 18.3 Å². The third-order valence-electron chi connectivity index (χ3n) is 5.87. The van der Waals surface area contributed by atoms with Crippen LogP contribution in [0.25, 0.3) is 0 Å². The fraction of sp³-hybridized carbons (Fsp3) is 0.435. The number of carbonyl (C=O) groups is 1. The van der Waals surface area contributed by atoms with Crippen LogP contribution in [0.15, 0.2) is 54.6 Å². The summed E-state index contributed by atoms with van der Waals surface area (Å²) in [6, 6.07) is 18.8. The van der Waals surface area contributed by atoms with Crippen molar-refractivity contribution in [3.63, 3.8) is 0 Å². The number of hydrogen-bond acceptors (Lipinski definition) is 3. The zero-order valence-corrected chi connectivity index (χ0v) is 17.2. The van der Waals surface area contributed by atoms with Crippen molar-refractivity contribution in [2.24, 2.45) is 5.92 Å². The number of amides is 1. The van der Waals surface area contributed by atoms with E-state index in [2.05, 4.69) is 29.6 Å². The Balaban J connectivity index is 0.00000225. The van der Waals surface area contributed by atoms with E-state index in [0.717, 1.165) is 43.7 Å². The average molecular weight is 401 g/mol. The van der Waals surface area contributed by atoms with Gasteiger partial charge in [-0.25, -0.2) is 0 Å². The molecular weight excluding hydrogens is 372 g/mol. The molecule has 2 aliphatic rings. The Bertz CT molecular complexity index is 760. The van der Waals surface area contributed by atoms with Crippen molar-refractivity contribution in [3.8, 4) is 5.75 Å². The van der Waals surface area contributed by atoms with Gasteiger partial charge in [-0.3, -0.25) is 4.79 Å². The first-order valence-electron chi connectivity index (χ1n) is 9.96. The van der Waals surface area contributed by atoms with Crippen LogP contribution in [0.4, 0.5) is 0 Å². The quantitative estimate of drug-likeness (QED) is 0.796. The van der Waals surface area contributed by atoms with Crippen LogP contribution >= 0.6 is 12.4 Å². The van der Waals surface area contributed by atoms with Crippen LogP contribution in [0.2, 0.25) is 0 Å². The van der Waals surface area contributed by atoms with Gasteiger partial charge in [0.1, 0.15) is 12.4 Å². The summed E-state index contributed by atoms with van der Waals surface area (Å²) < 4.78 is 5.86. The molecule has 1 N–H and O–H groups in total. The van der Waals surface area contributed by atoms with Gasteiger partial charge >= 0.3 is 0 Å². The van der Waals surface area contributed by atoms with Gasteiger partial charge in [0.25, 0.3) is 0 Å². The number of rotatable bonds is 6. The molecule has 1 heterocycles. The number of piperidine rings is 1. The van der Waals surface area contributed by atoms with E-state index in [9.17, 15) is 4.79 Å². The minimum absolute atomic E-state index is 0. The number of carbonyl (C=O) groups excluding carboxylic acids is 1. The molecule has 2 aromatic carbocycles. The molecule has 1 saturated carbocycles. The van der Waals surface area contributed by atoms with Gasteiger partial charge in [-0.05, 0) is 61.5 Å². The highest BCUT2D eigenvalue weighted by Crippen LogP contribution is 2.48. The molecule has 0 radical (unpaired) electrons. The Hall–Kier alpha value is -2.04. The molecule has 0 bridgehead atoms. The van der Waals surface area contributed by atoms with Crippen LogP contribution in [-0.4, -0.2) is 37.0 Å². The summed E-state index contributed by atoms with van der Waals surface area (Å²) in [7, 11) is 1.98. The lowest BCUT2D eigenvalue weighted by Crippen LogP contribution is -2.44. The topological polar surface area (TPSA) is 41.6 Å². The van der Waals surface area contributed by atoms with Gasteiger partial charge in [-0.15, -0.1) is 12.4 Å². The Morgan fingerprint density at radius 2 is 1.75 bits per heavy atom. The normalized spacial score (nSPS) is 21.5.